The third-order valence-corrected chi connectivity index (χ3v) is 7.28. The molecule has 4 atom stereocenters. The van der Waals surface area contributed by atoms with Crippen LogP contribution < -0.4 is 10.1 Å². The summed E-state index contributed by atoms with van der Waals surface area (Å²) >= 11 is 6.42. The minimum absolute atomic E-state index is 0.0274. The fraction of sp³-hybridized carbons (Fsp3) is 0.522. The molecule has 2 aromatic heterocycles. The minimum atomic E-state index is -0.774. The second-order valence-electron chi connectivity index (χ2n) is 9.56. The summed E-state index contributed by atoms with van der Waals surface area (Å²) in [5.74, 6) is 1.15. The van der Waals surface area contributed by atoms with E-state index in [1.807, 2.05) is 20.8 Å². The molecule has 1 saturated heterocycles. The molecule has 1 unspecified atom stereocenters. The first-order chi connectivity index (χ1) is 15.7. The second-order valence-corrected chi connectivity index (χ2v) is 9.92. The number of piperidine rings is 1. The van der Waals surface area contributed by atoms with Gasteiger partial charge in [0.25, 0.3) is 5.78 Å². The molecule has 1 aliphatic carbocycles. The Morgan fingerprint density at radius 2 is 1.82 bits per heavy atom. The highest BCUT2D eigenvalue weighted by molar-refractivity contribution is 6.33. The van der Waals surface area contributed by atoms with Gasteiger partial charge in [-0.1, -0.05) is 25.4 Å². The van der Waals surface area contributed by atoms with Gasteiger partial charge in [-0.2, -0.15) is 19.6 Å². The number of nitrogens with zero attached hydrogens (tertiary/aromatic N) is 5. The molecule has 1 saturated carbocycles. The molecule has 7 nitrogen and oxygen atoms in total. The lowest BCUT2D eigenvalue weighted by Crippen LogP contribution is -2.24. The number of nitrogens with one attached hydrogen (secondary N) is 1. The highest BCUT2D eigenvalue weighted by atomic mass is 35.5. The molecule has 10 heteroatoms. The zero-order chi connectivity index (χ0) is 23.4. The molecule has 0 bridgehead atoms. The molecule has 2 fully saturated rings. The van der Waals surface area contributed by atoms with Crippen molar-refractivity contribution in [2.45, 2.75) is 26.8 Å². The number of benzene rings is 1. The van der Waals surface area contributed by atoms with Crippen LogP contribution in [0.5, 0.6) is 5.75 Å². The summed E-state index contributed by atoms with van der Waals surface area (Å²) in [6.45, 7) is 8.63. The number of hydrogen-bond acceptors (Lipinski definition) is 6. The molecule has 2 aliphatic rings. The van der Waals surface area contributed by atoms with Gasteiger partial charge in [-0.05, 0) is 31.7 Å². The maximum atomic E-state index is 15.3. The molecule has 1 aromatic carbocycles. The Labute approximate surface area is 196 Å². The summed E-state index contributed by atoms with van der Waals surface area (Å²) in [4.78, 5) is 10.6. The van der Waals surface area contributed by atoms with E-state index in [-0.39, 0.29) is 39.8 Å². The molecule has 176 valence electrons. The Morgan fingerprint density at radius 3 is 2.45 bits per heavy atom. The largest absolute Gasteiger partial charge is 0.493 e. The SMILES string of the molecule is CC(C)[C@@H](C)Nc1c(-c2c(F)cc(OCC3[C@H]4CN(C)C[C@@H]34)cc2F)c(Cl)nc2ncnn12. The summed E-state index contributed by atoms with van der Waals surface area (Å²) in [6.07, 6.45) is 1.32. The van der Waals surface area contributed by atoms with Gasteiger partial charge in [-0.3, -0.25) is 0 Å². The lowest BCUT2D eigenvalue weighted by Gasteiger charge is -2.22. The molecular formula is C23H27ClF2N6O. The number of ether oxygens (including phenoxy) is 1. The zero-order valence-electron chi connectivity index (χ0n) is 19.0. The minimum Gasteiger partial charge on any atom is -0.493 e. The molecule has 33 heavy (non-hydrogen) atoms. The Balaban J connectivity index is 1.47. The average Bonchev–Trinajstić information content (AvgIpc) is 3.07. The highest BCUT2D eigenvalue weighted by Crippen LogP contribution is 2.51. The van der Waals surface area contributed by atoms with E-state index in [2.05, 4.69) is 32.3 Å². The Morgan fingerprint density at radius 1 is 1.15 bits per heavy atom. The molecule has 3 heterocycles. The molecule has 0 radical (unpaired) electrons. The van der Waals surface area contributed by atoms with Crippen LogP contribution >= 0.6 is 11.6 Å². The van der Waals surface area contributed by atoms with Gasteiger partial charge in [0.1, 0.15) is 34.7 Å². The summed E-state index contributed by atoms with van der Waals surface area (Å²) in [6, 6.07) is 2.39. The Bertz CT molecular complexity index is 1170. The molecular weight excluding hydrogens is 450 g/mol. The predicted molar refractivity (Wildman–Crippen MR) is 123 cm³/mol. The Hall–Kier alpha value is -2.52. The van der Waals surface area contributed by atoms with Crippen molar-refractivity contribution in [1.29, 1.82) is 0 Å². The first kappa shape index (κ1) is 22.3. The van der Waals surface area contributed by atoms with Gasteiger partial charge in [0, 0.05) is 37.2 Å². The van der Waals surface area contributed by atoms with Crippen molar-refractivity contribution in [3.05, 3.63) is 35.2 Å². The van der Waals surface area contributed by atoms with Crippen LogP contribution in [-0.4, -0.2) is 57.3 Å². The zero-order valence-corrected chi connectivity index (χ0v) is 19.8. The van der Waals surface area contributed by atoms with E-state index >= 15 is 8.78 Å². The van der Waals surface area contributed by atoms with Crippen LogP contribution in [-0.2, 0) is 0 Å². The van der Waals surface area contributed by atoms with Crippen molar-refractivity contribution in [2.75, 3.05) is 32.1 Å². The van der Waals surface area contributed by atoms with Crippen LogP contribution in [0.15, 0.2) is 18.5 Å². The monoisotopic (exact) mass is 476 g/mol. The van der Waals surface area contributed by atoms with Crippen molar-refractivity contribution in [1.82, 2.24) is 24.5 Å². The summed E-state index contributed by atoms with van der Waals surface area (Å²) in [5, 5.41) is 7.40. The van der Waals surface area contributed by atoms with E-state index in [0.717, 1.165) is 13.1 Å². The van der Waals surface area contributed by atoms with Gasteiger partial charge >= 0.3 is 0 Å². The summed E-state index contributed by atoms with van der Waals surface area (Å²) in [7, 11) is 2.11. The van der Waals surface area contributed by atoms with Crippen molar-refractivity contribution < 1.29 is 13.5 Å². The fourth-order valence-corrected chi connectivity index (χ4v) is 4.99. The summed E-state index contributed by atoms with van der Waals surface area (Å²) in [5.41, 5.74) is -0.177. The van der Waals surface area contributed by atoms with Gasteiger partial charge < -0.3 is 15.0 Å². The summed E-state index contributed by atoms with van der Waals surface area (Å²) < 4.78 is 37.8. The van der Waals surface area contributed by atoms with E-state index in [9.17, 15) is 0 Å². The van der Waals surface area contributed by atoms with Gasteiger partial charge in [0.05, 0.1) is 17.7 Å². The molecule has 5 rings (SSSR count). The number of rotatable bonds is 7. The third-order valence-electron chi connectivity index (χ3n) is 7.01. The first-order valence-corrected chi connectivity index (χ1v) is 11.6. The predicted octanol–water partition coefficient (Wildman–Crippen LogP) is 4.37. The third kappa shape index (κ3) is 4.01. The lowest BCUT2D eigenvalue weighted by molar-refractivity contribution is 0.251. The van der Waals surface area contributed by atoms with E-state index in [1.165, 1.54) is 23.0 Å². The maximum Gasteiger partial charge on any atom is 0.255 e. The average molecular weight is 477 g/mol. The lowest BCUT2D eigenvalue weighted by atomic mass is 10.0. The molecule has 0 spiro atoms. The van der Waals surface area contributed by atoms with Crippen molar-refractivity contribution in [2.24, 2.45) is 23.7 Å². The van der Waals surface area contributed by atoms with Crippen LogP contribution in [0.4, 0.5) is 14.6 Å². The molecule has 1 N–H and O–H groups in total. The standard InChI is InChI=1S/C23H27ClF2N6O/c1-11(2)12(3)29-22-20(21(24)30-23-27-10-28-32(22)23)19-17(25)5-13(6-18(19)26)33-9-16-14-7-31(4)8-15(14)16/h5-6,10-12,14-16,29H,7-9H2,1-4H3/t12-,14-,15+,16?/m1/s1. The van der Waals surface area contributed by atoms with Crippen LogP contribution in [0.25, 0.3) is 16.9 Å². The normalized spacial score (nSPS) is 23.2. The van der Waals surface area contributed by atoms with Gasteiger partial charge in [-0.15, -0.1) is 0 Å². The van der Waals surface area contributed by atoms with Crippen LogP contribution in [0, 0.1) is 35.3 Å². The highest BCUT2D eigenvalue weighted by Gasteiger charge is 2.54. The van der Waals surface area contributed by atoms with E-state index in [4.69, 9.17) is 16.3 Å². The van der Waals surface area contributed by atoms with Crippen molar-refractivity contribution in [3.63, 3.8) is 0 Å². The number of fused-ring (bicyclic) bond motifs is 2. The van der Waals surface area contributed by atoms with Crippen molar-refractivity contribution >= 4 is 23.2 Å². The van der Waals surface area contributed by atoms with Crippen LogP contribution in [0.1, 0.15) is 20.8 Å². The number of hydrogen-bond donors (Lipinski definition) is 1. The van der Waals surface area contributed by atoms with Gasteiger partial charge in [0.15, 0.2) is 0 Å². The molecule has 1 aliphatic heterocycles. The van der Waals surface area contributed by atoms with Crippen LogP contribution in [0.3, 0.4) is 0 Å². The van der Waals surface area contributed by atoms with E-state index < -0.39 is 11.6 Å². The fourth-order valence-electron chi connectivity index (χ4n) is 4.73. The molecule has 0 amide bonds. The quantitative estimate of drug-likeness (QED) is 0.511. The van der Waals surface area contributed by atoms with E-state index in [1.54, 1.807) is 0 Å². The number of aromatic nitrogens is 4. The van der Waals surface area contributed by atoms with E-state index in [0.29, 0.717) is 30.2 Å². The number of likely N-dealkylation sites (tertiary alicyclic amines) is 1. The van der Waals surface area contributed by atoms with Gasteiger partial charge in [-0.25, -0.2) is 8.78 Å². The van der Waals surface area contributed by atoms with Crippen LogP contribution in [0.2, 0.25) is 5.15 Å². The topological polar surface area (TPSA) is 67.6 Å². The maximum absolute atomic E-state index is 15.3. The number of halogens is 3. The first-order valence-electron chi connectivity index (χ1n) is 11.2. The smallest absolute Gasteiger partial charge is 0.255 e. The molecule has 3 aromatic rings. The van der Waals surface area contributed by atoms with Gasteiger partial charge in [0.2, 0.25) is 0 Å². The van der Waals surface area contributed by atoms with Crippen molar-refractivity contribution in [3.8, 4) is 16.9 Å². The number of anilines is 1. The second kappa shape index (κ2) is 8.36. The Kier molecular flexibility index (Phi) is 5.64.